The van der Waals surface area contributed by atoms with E-state index in [1.165, 1.54) is 18.5 Å². The fraction of sp³-hybridized carbons (Fsp3) is 0. The summed E-state index contributed by atoms with van der Waals surface area (Å²) < 4.78 is 13.7. The van der Waals surface area contributed by atoms with E-state index in [0.717, 1.165) is 0 Å². The summed E-state index contributed by atoms with van der Waals surface area (Å²) in [5.41, 5.74) is 2.96. The number of hydrogen-bond acceptors (Lipinski definition) is 5. The summed E-state index contributed by atoms with van der Waals surface area (Å²) in [5, 5.41) is 2.92. The maximum Gasteiger partial charge on any atom is 0.160 e. The number of rotatable bonds is 3. The average Bonchev–Trinajstić information content (AvgIpc) is 2.34. The van der Waals surface area contributed by atoms with Crippen molar-refractivity contribution in [2.75, 3.05) is 10.7 Å². The molecule has 7 heteroatoms. The maximum absolute atomic E-state index is 13.3. The van der Waals surface area contributed by atoms with E-state index in [2.05, 4.69) is 36.6 Å². The molecular formula is C10H9BrFN5. The lowest BCUT2D eigenvalue weighted by Gasteiger charge is -2.07. The quantitative estimate of drug-likeness (QED) is 0.599. The fourth-order valence-electron chi connectivity index (χ4n) is 1.22. The number of nitrogens with zero attached hydrogens (tertiary/aromatic N) is 2. The Bertz CT molecular complexity index is 534. The summed E-state index contributed by atoms with van der Waals surface area (Å²) in [5.74, 6) is 5.76. The van der Waals surface area contributed by atoms with Gasteiger partial charge in [0.2, 0.25) is 0 Å². The molecule has 1 aromatic heterocycles. The summed E-state index contributed by atoms with van der Waals surface area (Å²) >= 11 is 3.08. The van der Waals surface area contributed by atoms with E-state index in [-0.39, 0.29) is 5.82 Å². The van der Waals surface area contributed by atoms with Crippen LogP contribution in [0.15, 0.2) is 35.1 Å². The van der Waals surface area contributed by atoms with Gasteiger partial charge in [0, 0.05) is 5.69 Å². The molecule has 2 aromatic rings. The van der Waals surface area contributed by atoms with Crippen molar-refractivity contribution < 1.29 is 4.39 Å². The van der Waals surface area contributed by atoms with Crippen LogP contribution in [0.1, 0.15) is 0 Å². The highest BCUT2D eigenvalue weighted by Crippen LogP contribution is 2.21. The van der Waals surface area contributed by atoms with Crippen LogP contribution >= 0.6 is 15.9 Å². The number of nitrogens with one attached hydrogen (secondary N) is 2. The zero-order valence-corrected chi connectivity index (χ0v) is 10.2. The van der Waals surface area contributed by atoms with Gasteiger partial charge in [-0.15, -0.1) is 0 Å². The van der Waals surface area contributed by atoms with Crippen molar-refractivity contribution in [1.29, 1.82) is 0 Å². The number of halogens is 2. The normalized spacial score (nSPS) is 10.1. The lowest BCUT2D eigenvalue weighted by atomic mass is 10.3. The van der Waals surface area contributed by atoms with Crippen molar-refractivity contribution in [3.05, 3.63) is 40.9 Å². The molecule has 1 aromatic carbocycles. The molecule has 2 rings (SSSR count). The summed E-state index contributed by atoms with van der Waals surface area (Å²) in [6.45, 7) is 0. The Balaban J connectivity index is 2.22. The Labute approximate surface area is 105 Å². The standard InChI is InChI=1S/C10H9BrFN5/c11-7-2-1-6(3-8(7)12)15-9-4-14-5-10(16-9)17-13/h1-5H,13H2,(H2,15,16,17). The van der Waals surface area contributed by atoms with E-state index in [1.54, 1.807) is 12.1 Å². The molecular weight excluding hydrogens is 289 g/mol. The predicted molar refractivity (Wildman–Crippen MR) is 67.2 cm³/mol. The smallest absolute Gasteiger partial charge is 0.160 e. The molecule has 0 saturated heterocycles. The molecule has 0 bridgehead atoms. The Morgan fingerprint density at radius 3 is 2.71 bits per heavy atom. The highest BCUT2D eigenvalue weighted by Gasteiger charge is 2.02. The molecule has 0 aliphatic rings. The van der Waals surface area contributed by atoms with E-state index in [9.17, 15) is 4.39 Å². The van der Waals surface area contributed by atoms with Crippen molar-refractivity contribution in [3.63, 3.8) is 0 Å². The fourth-order valence-corrected chi connectivity index (χ4v) is 1.46. The number of anilines is 3. The summed E-state index contributed by atoms with van der Waals surface area (Å²) in [6.07, 6.45) is 2.99. The highest BCUT2D eigenvalue weighted by atomic mass is 79.9. The molecule has 1 heterocycles. The van der Waals surface area contributed by atoms with Gasteiger partial charge in [0.05, 0.1) is 16.9 Å². The van der Waals surface area contributed by atoms with Crippen molar-refractivity contribution in [3.8, 4) is 0 Å². The van der Waals surface area contributed by atoms with E-state index in [1.807, 2.05) is 0 Å². The predicted octanol–water partition coefficient (Wildman–Crippen LogP) is 2.41. The van der Waals surface area contributed by atoms with Crippen molar-refractivity contribution in [2.24, 2.45) is 5.84 Å². The largest absolute Gasteiger partial charge is 0.339 e. The first-order valence-corrected chi connectivity index (χ1v) is 5.49. The van der Waals surface area contributed by atoms with E-state index in [4.69, 9.17) is 5.84 Å². The first-order chi connectivity index (χ1) is 8.19. The van der Waals surface area contributed by atoms with Gasteiger partial charge in [-0.3, -0.25) is 4.98 Å². The number of benzene rings is 1. The monoisotopic (exact) mass is 297 g/mol. The average molecular weight is 298 g/mol. The molecule has 0 spiro atoms. The van der Waals surface area contributed by atoms with Gasteiger partial charge in [-0.1, -0.05) is 0 Å². The van der Waals surface area contributed by atoms with Crippen molar-refractivity contribution in [2.45, 2.75) is 0 Å². The third kappa shape index (κ3) is 2.89. The molecule has 0 fully saturated rings. The first-order valence-electron chi connectivity index (χ1n) is 4.70. The number of nitrogen functional groups attached to an aromatic ring is 1. The van der Waals surface area contributed by atoms with Gasteiger partial charge in [-0.2, -0.15) is 0 Å². The Kier molecular flexibility index (Phi) is 3.50. The van der Waals surface area contributed by atoms with Gasteiger partial charge in [0.15, 0.2) is 11.6 Å². The van der Waals surface area contributed by atoms with Crippen LogP contribution in [-0.4, -0.2) is 9.97 Å². The second-order valence-electron chi connectivity index (χ2n) is 3.19. The molecule has 88 valence electrons. The minimum absolute atomic E-state index is 0.351. The van der Waals surface area contributed by atoms with E-state index in [0.29, 0.717) is 21.8 Å². The molecule has 17 heavy (non-hydrogen) atoms. The third-order valence-corrected chi connectivity index (χ3v) is 2.62. The van der Waals surface area contributed by atoms with Crippen LogP contribution in [0.2, 0.25) is 0 Å². The summed E-state index contributed by atoms with van der Waals surface area (Å²) in [4.78, 5) is 8.02. The number of hydrazine groups is 1. The van der Waals surface area contributed by atoms with E-state index < -0.39 is 0 Å². The second-order valence-corrected chi connectivity index (χ2v) is 4.04. The Morgan fingerprint density at radius 1 is 1.24 bits per heavy atom. The minimum Gasteiger partial charge on any atom is -0.339 e. The molecule has 4 N–H and O–H groups in total. The SMILES string of the molecule is NNc1cncc(Nc2ccc(Br)c(F)c2)n1. The van der Waals surface area contributed by atoms with Gasteiger partial charge in [0.1, 0.15) is 5.82 Å². The topological polar surface area (TPSA) is 75.9 Å². The molecule has 0 atom stereocenters. The van der Waals surface area contributed by atoms with Gasteiger partial charge >= 0.3 is 0 Å². The minimum atomic E-state index is -0.351. The van der Waals surface area contributed by atoms with Crippen LogP contribution in [0.3, 0.4) is 0 Å². The van der Waals surface area contributed by atoms with Gasteiger partial charge in [-0.25, -0.2) is 15.2 Å². The molecule has 0 radical (unpaired) electrons. The summed E-state index contributed by atoms with van der Waals surface area (Å²) in [6, 6.07) is 4.68. The first kappa shape index (κ1) is 11.7. The molecule has 0 saturated carbocycles. The van der Waals surface area contributed by atoms with Crippen LogP contribution in [-0.2, 0) is 0 Å². The molecule has 0 aliphatic carbocycles. The number of aromatic nitrogens is 2. The van der Waals surface area contributed by atoms with Crippen molar-refractivity contribution >= 4 is 33.3 Å². The zero-order chi connectivity index (χ0) is 12.3. The van der Waals surface area contributed by atoms with Gasteiger partial charge in [0.25, 0.3) is 0 Å². The Hall–Kier alpha value is -1.73. The summed E-state index contributed by atoms with van der Waals surface area (Å²) in [7, 11) is 0. The van der Waals surface area contributed by atoms with Gasteiger partial charge in [-0.05, 0) is 34.1 Å². The van der Waals surface area contributed by atoms with Crippen LogP contribution in [0.4, 0.5) is 21.7 Å². The molecule has 5 nitrogen and oxygen atoms in total. The van der Waals surface area contributed by atoms with Crippen LogP contribution in [0.25, 0.3) is 0 Å². The van der Waals surface area contributed by atoms with Crippen LogP contribution in [0, 0.1) is 5.82 Å². The van der Waals surface area contributed by atoms with E-state index >= 15 is 0 Å². The molecule has 0 aliphatic heterocycles. The number of hydrogen-bond donors (Lipinski definition) is 3. The maximum atomic E-state index is 13.3. The Morgan fingerprint density at radius 2 is 2.00 bits per heavy atom. The second kappa shape index (κ2) is 5.07. The lowest BCUT2D eigenvalue weighted by Crippen LogP contribution is -2.09. The molecule has 0 amide bonds. The zero-order valence-electron chi connectivity index (χ0n) is 8.61. The number of nitrogens with two attached hydrogens (primary N) is 1. The highest BCUT2D eigenvalue weighted by molar-refractivity contribution is 9.10. The van der Waals surface area contributed by atoms with Crippen LogP contribution in [0.5, 0.6) is 0 Å². The van der Waals surface area contributed by atoms with Gasteiger partial charge < -0.3 is 10.7 Å². The lowest BCUT2D eigenvalue weighted by molar-refractivity contribution is 0.622. The van der Waals surface area contributed by atoms with Crippen LogP contribution < -0.4 is 16.6 Å². The third-order valence-electron chi connectivity index (χ3n) is 1.97. The molecule has 0 unspecified atom stereocenters. The van der Waals surface area contributed by atoms with Crippen molar-refractivity contribution in [1.82, 2.24) is 9.97 Å².